The summed E-state index contributed by atoms with van der Waals surface area (Å²) in [6.07, 6.45) is 6.30. The van der Waals surface area contributed by atoms with Crippen molar-refractivity contribution in [1.82, 2.24) is 14.8 Å². The Morgan fingerprint density at radius 1 is 1.15 bits per heavy atom. The van der Waals surface area contributed by atoms with Gasteiger partial charge < -0.3 is 9.88 Å². The summed E-state index contributed by atoms with van der Waals surface area (Å²) < 4.78 is 2.19. The number of aryl methyl sites for hydroxylation is 2. The van der Waals surface area contributed by atoms with Crippen LogP contribution in [-0.2, 0) is 11.3 Å². The summed E-state index contributed by atoms with van der Waals surface area (Å²) in [5.74, 6) is 1.96. The van der Waals surface area contributed by atoms with E-state index in [0.29, 0.717) is 11.7 Å². The molecule has 0 saturated heterocycles. The maximum absolute atomic E-state index is 12.3. The van der Waals surface area contributed by atoms with Crippen molar-refractivity contribution in [3.63, 3.8) is 0 Å². The van der Waals surface area contributed by atoms with Gasteiger partial charge in [-0.3, -0.25) is 4.79 Å². The standard InChI is InChI=1S/C20H28N4OS/c1-4-24-19(16-8-6-5-7-9-16)22-23-20(24)26-13-18(25)21-17-11-14(2)10-15(3)12-17/h10-12,16H,4-9,13H2,1-3H3,(H,21,25). The molecule has 1 aliphatic carbocycles. The van der Waals surface area contributed by atoms with Crippen LogP contribution >= 0.6 is 11.8 Å². The second-order valence-electron chi connectivity index (χ2n) is 7.13. The van der Waals surface area contributed by atoms with Gasteiger partial charge in [0.15, 0.2) is 5.16 Å². The minimum absolute atomic E-state index is 0.00938. The van der Waals surface area contributed by atoms with E-state index in [1.54, 1.807) is 0 Å². The Morgan fingerprint density at radius 3 is 2.50 bits per heavy atom. The van der Waals surface area contributed by atoms with E-state index in [0.717, 1.165) is 34.3 Å². The van der Waals surface area contributed by atoms with E-state index in [1.807, 2.05) is 26.0 Å². The number of anilines is 1. The van der Waals surface area contributed by atoms with Gasteiger partial charge >= 0.3 is 0 Å². The number of carbonyl (C=O) groups excluding carboxylic acids is 1. The normalized spacial score (nSPS) is 15.2. The molecule has 0 bridgehead atoms. The summed E-state index contributed by atoms with van der Waals surface area (Å²) in [5.41, 5.74) is 3.15. The lowest BCUT2D eigenvalue weighted by Crippen LogP contribution is -2.15. The lowest BCUT2D eigenvalue weighted by Gasteiger charge is -2.21. The number of rotatable bonds is 6. The summed E-state index contributed by atoms with van der Waals surface area (Å²) in [7, 11) is 0. The predicted octanol–water partition coefficient (Wildman–Crippen LogP) is 4.69. The SMILES string of the molecule is CCn1c(SCC(=O)Nc2cc(C)cc(C)c2)nnc1C1CCCCC1. The summed E-state index contributed by atoms with van der Waals surface area (Å²) in [6.45, 7) is 7.04. The number of benzene rings is 1. The van der Waals surface area contributed by atoms with Gasteiger partial charge in [-0.1, -0.05) is 37.1 Å². The molecular weight excluding hydrogens is 344 g/mol. The second kappa shape index (κ2) is 8.71. The maximum atomic E-state index is 12.3. The maximum Gasteiger partial charge on any atom is 0.234 e. The minimum atomic E-state index is -0.00938. The Bertz CT molecular complexity index is 745. The Morgan fingerprint density at radius 2 is 1.85 bits per heavy atom. The average Bonchev–Trinajstić information content (AvgIpc) is 3.02. The van der Waals surface area contributed by atoms with Crippen LogP contribution in [0, 0.1) is 13.8 Å². The van der Waals surface area contributed by atoms with Crippen LogP contribution in [-0.4, -0.2) is 26.4 Å². The quantitative estimate of drug-likeness (QED) is 0.747. The number of nitrogens with zero attached hydrogens (tertiary/aromatic N) is 3. The number of aromatic nitrogens is 3. The molecule has 6 heteroatoms. The van der Waals surface area contributed by atoms with Crippen molar-refractivity contribution in [3.8, 4) is 0 Å². The van der Waals surface area contributed by atoms with Crippen LogP contribution in [0.15, 0.2) is 23.4 Å². The molecule has 1 aromatic carbocycles. The lowest BCUT2D eigenvalue weighted by atomic mass is 9.89. The molecule has 0 atom stereocenters. The fraction of sp³-hybridized carbons (Fsp3) is 0.550. The van der Waals surface area contributed by atoms with Crippen LogP contribution in [0.2, 0.25) is 0 Å². The molecule has 0 unspecified atom stereocenters. The van der Waals surface area contributed by atoms with E-state index in [4.69, 9.17) is 0 Å². The molecule has 1 aliphatic rings. The molecular formula is C20H28N4OS. The molecule has 26 heavy (non-hydrogen) atoms. The van der Waals surface area contributed by atoms with Gasteiger partial charge in [0.1, 0.15) is 5.82 Å². The Kier molecular flexibility index (Phi) is 6.35. The number of thioether (sulfide) groups is 1. The molecule has 140 valence electrons. The molecule has 1 heterocycles. The molecule has 1 N–H and O–H groups in total. The molecule has 3 rings (SSSR count). The molecule has 1 saturated carbocycles. The third kappa shape index (κ3) is 4.67. The van der Waals surface area contributed by atoms with Gasteiger partial charge in [-0.05, 0) is 56.9 Å². The molecule has 1 aromatic heterocycles. The van der Waals surface area contributed by atoms with Gasteiger partial charge in [0, 0.05) is 18.2 Å². The highest BCUT2D eigenvalue weighted by Crippen LogP contribution is 2.33. The van der Waals surface area contributed by atoms with Crippen molar-refractivity contribution in [1.29, 1.82) is 0 Å². The van der Waals surface area contributed by atoms with Crippen molar-refractivity contribution >= 4 is 23.4 Å². The van der Waals surface area contributed by atoms with Crippen LogP contribution in [0.1, 0.15) is 61.9 Å². The number of hydrogen-bond acceptors (Lipinski definition) is 4. The Balaban J connectivity index is 1.62. The fourth-order valence-corrected chi connectivity index (χ4v) is 4.55. The van der Waals surface area contributed by atoms with Crippen molar-refractivity contribution < 1.29 is 4.79 Å². The molecule has 0 aliphatic heterocycles. The number of amides is 1. The first-order valence-electron chi connectivity index (χ1n) is 9.51. The largest absolute Gasteiger partial charge is 0.325 e. The van der Waals surface area contributed by atoms with Gasteiger partial charge in [0.25, 0.3) is 0 Å². The van der Waals surface area contributed by atoms with Crippen LogP contribution in [0.5, 0.6) is 0 Å². The smallest absolute Gasteiger partial charge is 0.234 e. The van der Waals surface area contributed by atoms with Gasteiger partial charge in [-0.15, -0.1) is 10.2 Å². The Hall–Kier alpha value is -1.82. The van der Waals surface area contributed by atoms with Gasteiger partial charge in [-0.25, -0.2) is 0 Å². The number of hydrogen-bond donors (Lipinski definition) is 1. The first kappa shape index (κ1) is 19.0. The van der Waals surface area contributed by atoms with Crippen LogP contribution in [0.4, 0.5) is 5.69 Å². The summed E-state index contributed by atoms with van der Waals surface area (Å²) in [4.78, 5) is 12.3. The lowest BCUT2D eigenvalue weighted by molar-refractivity contribution is -0.113. The third-order valence-electron chi connectivity index (χ3n) is 4.87. The molecule has 0 radical (unpaired) electrons. The van der Waals surface area contributed by atoms with E-state index in [9.17, 15) is 4.79 Å². The summed E-state index contributed by atoms with van der Waals surface area (Å²) in [5, 5.41) is 12.7. The third-order valence-corrected chi connectivity index (χ3v) is 5.84. The average molecular weight is 373 g/mol. The van der Waals surface area contributed by atoms with Crippen molar-refractivity contribution in [2.24, 2.45) is 0 Å². The molecule has 1 fully saturated rings. The zero-order valence-electron chi connectivity index (χ0n) is 15.9. The van der Waals surface area contributed by atoms with Crippen LogP contribution in [0.25, 0.3) is 0 Å². The van der Waals surface area contributed by atoms with Crippen molar-refractivity contribution in [2.75, 3.05) is 11.1 Å². The van der Waals surface area contributed by atoms with Gasteiger partial charge in [0.05, 0.1) is 5.75 Å². The van der Waals surface area contributed by atoms with Crippen LogP contribution < -0.4 is 5.32 Å². The second-order valence-corrected chi connectivity index (χ2v) is 8.08. The minimum Gasteiger partial charge on any atom is -0.325 e. The number of nitrogens with one attached hydrogen (secondary N) is 1. The highest BCUT2D eigenvalue weighted by atomic mass is 32.2. The van der Waals surface area contributed by atoms with Crippen LogP contribution in [0.3, 0.4) is 0 Å². The first-order chi connectivity index (χ1) is 12.6. The monoisotopic (exact) mass is 372 g/mol. The molecule has 0 spiro atoms. The highest BCUT2D eigenvalue weighted by Gasteiger charge is 2.23. The Labute approximate surface area is 160 Å². The first-order valence-corrected chi connectivity index (χ1v) is 10.5. The van der Waals surface area contributed by atoms with Gasteiger partial charge in [-0.2, -0.15) is 0 Å². The zero-order valence-corrected chi connectivity index (χ0v) is 16.7. The molecule has 1 amide bonds. The van der Waals surface area contributed by atoms with Crippen molar-refractivity contribution in [3.05, 3.63) is 35.2 Å². The molecule has 5 nitrogen and oxygen atoms in total. The fourth-order valence-electron chi connectivity index (χ4n) is 3.74. The predicted molar refractivity (Wildman–Crippen MR) is 107 cm³/mol. The topological polar surface area (TPSA) is 59.8 Å². The van der Waals surface area contributed by atoms with E-state index in [1.165, 1.54) is 43.9 Å². The van der Waals surface area contributed by atoms with E-state index in [2.05, 4.69) is 33.1 Å². The van der Waals surface area contributed by atoms with Crippen molar-refractivity contribution in [2.45, 2.75) is 70.5 Å². The van der Waals surface area contributed by atoms with E-state index >= 15 is 0 Å². The molecule has 2 aromatic rings. The number of carbonyl (C=O) groups is 1. The highest BCUT2D eigenvalue weighted by molar-refractivity contribution is 7.99. The van der Waals surface area contributed by atoms with E-state index < -0.39 is 0 Å². The summed E-state index contributed by atoms with van der Waals surface area (Å²) in [6, 6.07) is 6.08. The summed E-state index contributed by atoms with van der Waals surface area (Å²) >= 11 is 1.47. The zero-order chi connectivity index (χ0) is 18.5. The van der Waals surface area contributed by atoms with Gasteiger partial charge in [0.2, 0.25) is 5.91 Å². The van der Waals surface area contributed by atoms with E-state index in [-0.39, 0.29) is 5.91 Å².